The van der Waals surface area contributed by atoms with Crippen LogP contribution in [0.5, 0.6) is 0 Å². The number of aromatic nitrogens is 1. The van der Waals surface area contributed by atoms with Crippen LogP contribution < -0.4 is 10.2 Å². The number of anilines is 1. The minimum Gasteiger partial charge on any atom is -0.378 e. The maximum absolute atomic E-state index is 5.42. The molecule has 4 rings (SSSR count). The average molecular weight is 351 g/mol. The van der Waals surface area contributed by atoms with Crippen LogP contribution in [0.15, 0.2) is 42.6 Å². The molecule has 4 heteroatoms. The second kappa shape index (κ2) is 8.65. The first-order valence-corrected chi connectivity index (χ1v) is 9.96. The number of rotatable bonds is 6. The molecular formula is C22H29N3O. The second-order valence-corrected chi connectivity index (χ2v) is 7.45. The highest BCUT2D eigenvalue weighted by Gasteiger charge is 2.16. The molecule has 26 heavy (non-hydrogen) atoms. The van der Waals surface area contributed by atoms with Gasteiger partial charge in [0.15, 0.2) is 0 Å². The summed E-state index contributed by atoms with van der Waals surface area (Å²) in [6, 6.07) is 13.5. The molecule has 1 saturated heterocycles. The number of ether oxygens (including phenoxy) is 1. The number of benzene rings is 1. The Morgan fingerprint density at radius 1 is 0.962 bits per heavy atom. The first kappa shape index (κ1) is 17.5. The zero-order chi connectivity index (χ0) is 17.6. The summed E-state index contributed by atoms with van der Waals surface area (Å²) in [5.41, 5.74) is 4.16. The zero-order valence-corrected chi connectivity index (χ0v) is 15.5. The molecule has 2 aliphatic rings. The third kappa shape index (κ3) is 4.43. The molecule has 0 radical (unpaired) electrons. The summed E-state index contributed by atoms with van der Waals surface area (Å²) in [6.45, 7) is 5.21. The van der Waals surface area contributed by atoms with Crippen molar-refractivity contribution in [3.05, 3.63) is 59.3 Å². The molecule has 138 valence electrons. The molecule has 1 saturated carbocycles. The molecule has 0 unspecified atom stereocenters. The quantitative estimate of drug-likeness (QED) is 0.857. The van der Waals surface area contributed by atoms with Gasteiger partial charge in [-0.05, 0) is 47.6 Å². The maximum atomic E-state index is 5.42. The molecular weight excluding hydrogens is 322 g/mol. The van der Waals surface area contributed by atoms with Crippen molar-refractivity contribution in [2.24, 2.45) is 0 Å². The van der Waals surface area contributed by atoms with E-state index in [1.54, 1.807) is 0 Å². The van der Waals surface area contributed by atoms with Crippen LogP contribution in [0.3, 0.4) is 0 Å². The van der Waals surface area contributed by atoms with E-state index in [1.165, 1.54) is 42.4 Å². The Bertz CT molecular complexity index is 689. The Balaban J connectivity index is 1.29. The van der Waals surface area contributed by atoms with Gasteiger partial charge in [-0.25, -0.2) is 4.98 Å². The van der Waals surface area contributed by atoms with Crippen LogP contribution in [-0.4, -0.2) is 31.3 Å². The van der Waals surface area contributed by atoms with Crippen molar-refractivity contribution >= 4 is 5.82 Å². The van der Waals surface area contributed by atoms with E-state index >= 15 is 0 Å². The topological polar surface area (TPSA) is 37.4 Å². The predicted octanol–water partition coefficient (Wildman–Crippen LogP) is 3.87. The van der Waals surface area contributed by atoms with Crippen molar-refractivity contribution in [2.45, 2.75) is 44.7 Å². The lowest BCUT2D eigenvalue weighted by atomic mass is 9.97. The Labute approximate surface area is 156 Å². The van der Waals surface area contributed by atoms with Gasteiger partial charge in [-0.3, -0.25) is 0 Å². The van der Waals surface area contributed by atoms with Gasteiger partial charge in [0.05, 0.1) is 13.2 Å². The first-order valence-electron chi connectivity index (χ1n) is 9.96. The van der Waals surface area contributed by atoms with Crippen LogP contribution in [0.4, 0.5) is 5.82 Å². The van der Waals surface area contributed by atoms with Crippen LogP contribution in [-0.2, 0) is 17.8 Å². The van der Waals surface area contributed by atoms with Crippen molar-refractivity contribution in [1.29, 1.82) is 0 Å². The van der Waals surface area contributed by atoms with Crippen LogP contribution in [0.1, 0.15) is 48.3 Å². The lowest BCUT2D eigenvalue weighted by Crippen LogP contribution is -2.36. The Hall–Kier alpha value is -1.91. The van der Waals surface area contributed by atoms with E-state index in [9.17, 15) is 0 Å². The van der Waals surface area contributed by atoms with Gasteiger partial charge in [-0.1, -0.05) is 37.1 Å². The molecule has 0 bridgehead atoms. The van der Waals surface area contributed by atoms with E-state index in [0.717, 1.165) is 51.1 Å². The molecule has 0 amide bonds. The first-order chi connectivity index (χ1) is 12.9. The van der Waals surface area contributed by atoms with Gasteiger partial charge >= 0.3 is 0 Å². The van der Waals surface area contributed by atoms with E-state index in [2.05, 4.69) is 51.6 Å². The minimum atomic E-state index is 0.793. The monoisotopic (exact) mass is 351 g/mol. The smallest absolute Gasteiger partial charge is 0.128 e. The van der Waals surface area contributed by atoms with Crippen molar-refractivity contribution < 1.29 is 4.74 Å². The third-order valence-electron chi connectivity index (χ3n) is 5.61. The molecule has 4 nitrogen and oxygen atoms in total. The molecule has 1 aromatic carbocycles. The highest BCUT2D eigenvalue weighted by molar-refractivity contribution is 5.41. The fourth-order valence-corrected chi connectivity index (χ4v) is 4.05. The molecule has 2 fully saturated rings. The van der Waals surface area contributed by atoms with Gasteiger partial charge in [0, 0.05) is 32.4 Å². The largest absolute Gasteiger partial charge is 0.378 e. The summed E-state index contributed by atoms with van der Waals surface area (Å²) in [7, 11) is 0. The van der Waals surface area contributed by atoms with Gasteiger partial charge < -0.3 is 15.0 Å². The Morgan fingerprint density at radius 3 is 2.46 bits per heavy atom. The summed E-state index contributed by atoms with van der Waals surface area (Å²) in [4.78, 5) is 6.82. The number of hydrogen-bond acceptors (Lipinski definition) is 4. The number of pyridine rings is 1. The molecule has 1 N–H and O–H groups in total. The van der Waals surface area contributed by atoms with Crippen molar-refractivity contribution in [3.8, 4) is 0 Å². The lowest BCUT2D eigenvalue weighted by Gasteiger charge is -2.28. The number of nitrogens with zero attached hydrogens (tertiary/aromatic N) is 2. The highest BCUT2D eigenvalue weighted by atomic mass is 16.5. The minimum absolute atomic E-state index is 0.793. The summed E-state index contributed by atoms with van der Waals surface area (Å²) in [6.07, 6.45) is 7.44. The highest BCUT2D eigenvalue weighted by Crippen LogP contribution is 2.33. The van der Waals surface area contributed by atoms with Crippen LogP contribution in [0, 0.1) is 0 Å². The molecule has 1 aliphatic heterocycles. The number of nitrogens with one attached hydrogen (secondary N) is 1. The predicted molar refractivity (Wildman–Crippen MR) is 105 cm³/mol. The van der Waals surface area contributed by atoms with Crippen molar-refractivity contribution in [1.82, 2.24) is 10.3 Å². The molecule has 0 atom stereocenters. The molecule has 2 aromatic rings. The SMILES string of the molecule is c1cc(CNCc2ccc(C3CCCC3)cc2)cc(N2CCOCC2)n1. The van der Waals surface area contributed by atoms with E-state index in [1.807, 2.05) is 6.20 Å². The standard InChI is InChI=1S/C22H29N3O/c1-2-4-20(3-1)21-7-5-18(6-8-21)16-23-17-19-9-10-24-22(15-19)25-11-13-26-14-12-25/h5-10,15,20,23H,1-4,11-14,16-17H2. The van der Waals surface area contributed by atoms with Gasteiger partial charge in [0.25, 0.3) is 0 Å². The van der Waals surface area contributed by atoms with Crippen molar-refractivity contribution in [3.63, 3.8) is 0 Å². The lowest BCUT2D eigenvalue weighted by molar-refractivity contribution is 0.122. The normalized spacial score (nSPS) is 18.4. The Morgan fingerprint density at radius 2 is 1.69 bits per heavy atom. The summed E-state index contributed by atoms with van der Waals surface area (Å²) < 4.78 is 5.42. The molecule has 1 aromatic heterocycles. The fraction of sp³-hybridized carbons (Fsp3) is 0.500. The van der Waals surface area contributed by atoms with E-state index in [4.69, 9.17) is 4.74 Å². The van der Waals surface area contributed by atoms with Crippen LogP contribution >= 0.6 is 0 Å². The average Bonchev–Trinajstić information content (AvgIpc) is 3.24. The van der Waals surface area contributed by atoms with Gasteiger partial charge in [0.1, 0.15) is 5.82 Å². The zero-order valence-electron chi connectivity index (χ0n) is 15.5. The summed E-state index contributed by atoms with van der Waals surface area (Å²) >= 11 is 0. The summed E-state index contributed by atoms with van der Waals surface area (Å²) in [5, 5.41) is 3.57. The van der Waals surface area contributed by atoms with E-state index in [-0.39, 0.29) is 0 Å². The maximum Gasteiger partial charge on any atom is 0.128 e. The van der Waals surface area contributed by atoms with E-state index < -0.39 is 0 Å². The van der Waals surface area contributed by atoms with Crippen LogP contribution in [0.2, 0.25) is 0 Å². The van der Waals surface area contributed by atoms with Crippen molar-refractivity contribution in [2.75, 3.05) is 31.2 Å². The number of hydrogen-bond donors (Lipinski definition) is 1. The second-order valence-electron chi connectivity index (χ2n) is 7.45. The number of morpholine rings is 1. The molecule has 2 heterocycles. The molecule has 0 spiro atoms. The third-order valence-corrected chi connectivity index (χ3v) is 5.61. The Kier molecular flexibility index (Phi) is 5.82. The van der Waals surface area contributed by atoms with Gasteiger partial charge in [-0.2, -0.15) is 0 Å². The van der Waals surface area contributed by atoms with Gasteiger partial charge in [0.2, 0.25) is 0 Å². The summed E-state index contributed by atoms with van der Waals surface area (Å²) in [5.74, 6) is 1.86. The van der Waals surface area contributed by atoms with Gasteiger partial charge in [-0.15, -0.1) is 0 Å². The van der Waals surface area contributed by atoms with Crippen LogP contribution in [0.25, 0.3) is 0 Å². The fourth-order valence-electron chi connectivity index (χ4n) is 4.05. The molecule has 1 aliphatic carbocycles. The van der Waals surface area contributed by atoms with E-state index in [0.29, 0.717) is 0 Å².